The van der Waals surface area contributed by atoms with Gasteiger partial charge < -0.3 is 14.8 Å². The maximum atomic E-state index is 11.0. The first kappa shape index (κ1) is 19.5. The molecule has 142 valence electrons. The molecule has 0 aliphatic heterocycles. The molecule has 0 saturated carbocycles. The van der Waals surface area contributed by atoms with Crippen LogP contribution in [0.1, 0.15) is 24.3 Å². The van der Waals surface area contributed by atoms with E-state index in [2.05, 4.69) is 22.1 Å². The van der Waals surface area contributed by atoms with Crippen LogP contribution >= 0.6 is 11.3 Å². The van der Waals surface area contributed by atoms with Crippen molar-refractivity contribution in [1.82, 2.24) is 10.3 Å². The van der Waals surface area contributed by atoms with Crippen molar-refractivity contribution in [2.45, 2.75) is 26.5 Å². The smallest absolute Gasteiger partial charge is 0.279 e. The standard InChI is InChI=1S/C22H20N2O3S/c1-16(24-17(2)25)8-13-21-14-23-22(28-21)27-20-11-9-19(10-12-20)26-15-18-6-4-3-5-7-18/h3-7,9-12,14,16H,15H2,1-2H3,(H,24,25). The molecule has 1 amide bonds. The first-order chi connectivity index (χ1) is 13.6. The predicted molar refractivity (Wildman–Crippen MR) is 110 cm³/mol. The summed E-state index contributed by atoms with van der Waals surface area (Å²) in [5, 5.41) is 3.22. The van der Waals surface area contributed by atoms with Gasteiger partial charge in [-0.2, -0.15) is 0 Å². The number of amides is 1. The summed E-state index contributed by atoms with van der Waals surface area (Å²) >= 11 is 1.35. The third-order valence-corrected chi connectivity index (χ3v) is 4.38. The molecular weight excluding hydrogens is 372 g/mol. The summed E-state index contributed by atoms with van der Waals surface area (Å²) in [6.45, 7) is 3.82. The molecule has 1 unspecified atom stereocenters. The largest absolute Gasteiger partial charge is 0.489 e. The van der Waals surface area contributed by atoms with Crippen molar-refractivity contribution in [3.63, 3.8) is 0 Å². The second kappa shape index (κ2) is 9.58. The van der Waals surface area contributed by atoms with Gasteiger partial charge in [-0.3, -0.25) is 4.79 Å². The fourth-order valence-electron chi connectivity index (χ4n) is 2.33. The molecule has 3 aromatic rings. The Bertz CT molecular complexity index is 972. The molecule has 5 nitrogen and oxygen atoms in total. The lowest BCUT2D eigenvalue weighted by Gasteiger charge is -2.07. The van der Waals surface area contributed by atoms with Crippen LogP contribution in [0.3, 0.4) is 0 Å². The Morgan fingerprint density at radius 2 is 1.86 bits per heavy atom. The van der Waals surface area contributed by atoms with Gasteiger partial charge >= 0.3 is 0 Å². The Kier molecular flexibility index (Phi) is 6.66. The first-order valence-corrected chi connectivity index (χ1v) is 9.59. The maximum absolute atomic E-state index is 11.0. The van der Waals surface area contributed by atoms with Gasteiger partial charge in [0.1, 0.15) is 23.0 Å². The summed E-state index contributed by atoms with van der Waals surface area (Å²) < 4.78 is 11.5. The number of carbonyl (C=O) groups excluding carboxylic acids is 1. The minimum absolute atomic E-state index is 0.105. The summed E-state index contributed by atoms with van der Waals surface area (Å²) in [6.07, 6.45) is 1.66. The molecule has 6 heteroatoms. The second-order valence-corrected chi connectivity index (χ2v) is 7.02. The highest BCUT2D eigenvalue weighted by Gasteiger charge is 2.04. The second-order valence-electron chi connectivity index (χ2n) is 6.03. The highest BCUT2D eigenvalue weighted by molar-refractivity contribution is 7.13. The van der Waals surface area contributed by atoms with E-state index >= 15 is 0 Å². The molecule has 1 N–H and O–H groups in total. The van der Waals surface area contributed by atoms with Gasteiger partial charge in [-0.05, 0) is 36.8 Å². The molecule has 0 spiro atoms. The minimum Gasteiger partial charge on any atom is -0.489 e. The van der Waals surface area contributed by atoms with Gasteiger partial charge in [0.05, 0.1) is 12.2 Å². The summed E-state index contributed by atoms with van der Waals surface area (Å²) in [5.41, 5.74) is 1.12. The van der Waals surface area contributed by atoms with E-state index < -0.39 is 0 Å². The van der Waals surface area contributed by atoms with Crippen LogP contribution in [0.15, 0.2) is 60.8 Å². The highest BCUT2D eigenvalue weighted by atomic mass is 32.1. The summed E-state index contributed by atoms with van der Waals surface area (Å²) in [7, 11) is 0. The van der Waals surface area contributed by atoms with Crippen LogP contribution in [0, 0.1) is 11.8 Å². The van der Waals surface area contributed by atoms with Crippen LogP contribution in [0.4, 0.5) is 0 Å². The maximum Gasteiger partial charge on any atom is 0.279 e. The van der Waals surface area contributed by atoms with Crippen LogP contribution in [-0.2, 0) is 11.4 Å². The minimum atomic E-state index is -0.215. The lowest BCUT2D eigenvalue weighted by molar-refractivity contribution is -0.119. The average Bonchev–Trinajstić information content (AvgIpc) is 3.13. The highest BCUT2D eigenvalue weighted by Crippen LogP contribution is 2.27. The van der Waals surface area contributed by atoms with Crippen LogP contribution in [0.5, 0.6) is 16.7 Å². The van der Waals surface area contributed by atoms with Gasteiger partial charge in [-0.15, -0.1) is 0 Å². The quantitative estimate of drug-likeness (QED) is 0.632. The topological polar surface area (TPSA) is 60.5 Å². The molecule has 28 heavy (non-hydrogen) atoms. The molecule has 0 bridgehead atoms. The SMILES string of the molecule is CC(=O)NC(C)C#Cc1cnc(Oc2ccc(OCc3ccccc3)cc2)s1. The third-order valence-electron chi connectivity index (χ3n) is 3.59. The van der Waals surface area contributed by atoms with E-state index in [9.17, 15) is 4.79 Å². The van der Waals surface area contributed by atoms with Gasteiger partial charge in [-0.25, -0.2) is 4.98 Å². The van der Waals surface area contributed by atoms with Gasteiger partial charge in [0.2, 0.25) is 5.91 Å². The summed E-state index contributed by atoms with van der Waals surface area (Å²) in [4.78, 5) is 16.0. The Balaban J connectivity index is 1.54. The summed E-state index contributed by atoms with van der Waals surface area (Å²) in [5.74, 6) is 7.29. The molecule has 0 aliphatic carbocycles. The van der Waals surface area contributed by atoms with Crippen LogP contribution in [0.25, 0.3) is 0 Å². The zero-order chi connectivity index (χ0) is 19.8. The van der Waals surface area contributed by atoms with E-state index in [0.29, 0.717) is 17.6 Å². The van der Waals surface area contributed by atoms with Crippen molar-refractivity contribution < 1.29 is 14.3 Å². The Morgan fingerprint density at radius 1 is 1.14 bits per heavy atom. The van der Waals surface area contributed by atoms with Gasteiger partial charge in [0, 0.05) is 6.92 Å². The molecule has 0 radical (unpaired) electrons. The zero-order valence-corrected chi connectivity index (χ0v) is 16.5. The number of thiazole rings is 1. The van der Waals surface area contributed by atoms with Crippen molar-refractivity contribution in [2.75, 3.05) is 0 Å². The molecule has 0 saturated heterocycles. The van der Waals surface area contributed by atoms with Crippen molar-refractivity contribution in [1.29, 1.82) is 0 Å². The molecule has 2 aromatic carbocycles. The van der Waals surface area contributed by atoms with Crippen LogP contribution in [0.2, 0.25) is 0 Å². The van der Waals surface area contributed by atoms with Crippen molar-refractivity contribution in [2.24, 2.45) is 0 Å². The Labute approximate surface area is 168 Å². The van der Waals surface area contributed by atoms with Crippen molar-refractivity contribution in [3.05, 3.63) is 71.2 Å². The lowest BCUT2D eigenvalue weighted by Crippen LogP contribution is -2.28. The first-order valence-electron chi connectivity index (χ1n) is 8.77. The number of aromatic nitrogens is 1. The number of hydrogen-bond acceptors (Lipinski definition) is 5. The molecular formula is C22H20N2O3S. The van der Waals surface area contributed by atoms with Gasteiger partial charge in [0.25, 0.3) is 5.19 Å². The van der Waals surface area contributed by atoms with Crippen molar-refractivity contribution in [3.8, 4) is 28.5 Å². The molecule has 0 fully saturated rings. The molecule has 3 rings (SSSR count). The normalized spacial score (nSPS) is 11.1. The third kappa shape index (κ3) is 6.15. The van der Waals surface area contributed by atoms with Crippen LogP contribution < -0.4 is 14.8 Å². The van der Waals surface area contributed by atoms with E-state index in [4.69, 9.17) is 9.47 Å². The van der Waals surface area contributed by atoms with E-state index in [1.165, 1.54) is 18.3 Å². The number of benzene rings is 2. The zero-order valence-electron chi connectivity index (χ0n) is 15.6. The number of hydrogen-bond donors (Lipinski definition) is 1. The number of ether oxygens (including phenoxy) is 2. The van der Waals surface area contributed by atoms with Crippen molar-refractivity contribution >= 4 is 17.2 Å². The number of nitrogens with one attached hydrogen (secondary N) is 1. The lowest BCUT2D eigenvalue weighted by atomic mass is 10.2. The predicted octanol–water partition coefficient (Wildman–Crippen LogP) is 4.39. The monoisotopic (exact) mass is 392 g/mol. The number of carbonyl (C=O) groups is 1. The van der Waals surface area contributed by atoms with E-state index in [-0.39, 0.29) is 11.9 Å². The fraction of sp³-hybridized carbons (Fsp3) is 0.182. The fourth-order valence-corrected chi connectivity index (χ4v) is 2.98. The molecule has 0 aliphatic rings. The van der Waals surface area contributed by atoms with E-state index in [0.717, 1.165) is 16.2 Å². The van der Waals surface area contributed by atoms with Gasteiger partial charge in [-0.1, -0.05) is 53.5 Å². The van der Waals surface area contributed by atoms with Gasteiger partial charge in [0.15, 0.2) is 0 Å². The Morgan fingerprint density at radius 3 is 2.57 bits per heavy atom. The molecule has 1 heterocycles. The summed E-state index contributed by atoms with van der Waals surface area (Å²) in [6, 6.07) is 17.2. The molecule has 1 atom stereocenters. The average molecular weight is 392 g/mol. The Hall–Kier alpha value is -3.30. The van der Waals surface area contributed by atoms with Crippen LogP contribution in [-0.4, -0.2) is 16.9 Å². The van der Waals surface area contributed by atoms with E-state index in [1.54, 1.807) is 6.20 Å². The number of rotatable bonds is 6. The number of nitrogens with zero attached hydrogens (tertiary/aromatic N) is 1. The molecule has 1 aromatic heterocycles. The van der Waals surface area contributed by atoms with E-state index in [1.807, 2.05) is 61.5 Å².